The van der Waals surface area contributed by atoms with Crippen molar-refractivity contribution in [3.05, 3.63) is 47.2 Å². The number of nitrogens with one attached hydrogen (secondary N) is 1. The fourth-order valence-corrected chi connectivity index (χ4v) is 1.70. The molecule has 0 radical (unpaired) electrons. The van der Waals surface area contributed by atoms with E-state index < -0.39 is 0 Å². The van der Waals surface area contributed by atoms with E-state index in [4.69, 9.17) is 4.42 Å². The predicted molar refractivity (Wildman–Crippen MR) is 64.5 cm³/mol. The maximum Gasteiger partial charge on any atom is 0.106 e. The van der Waals surface area contributed by atoms with Crippen molar-refractivity contribution < 1.29 is 4.42 Å². The summed E-state index contributed by atoms with van der Waals surface area (Å²) in [7, 11) is 0. The van der Waals surface area contributed by atoms with E-state index in [2.05, 4.69) is 23.3 Å². The number of aryl methyl sites for hydroxylation is 3. The molecule has 2 aromatic rings. The van der Waals surface area contributed by atoms with Crippen LogP contribution in [0.15, 0.2) is 28.9 Å². The summed E-state index contributed by atoms with van der Waals surface area (Å²) in [5.41, 5.74) is 3.47. The topological polar surface area (TPSA) is 38.1 Å². The number of furan rings is 1. The van der Waals surface area contributed by atoms with Crippen molar-refractivity contribution in [2.75, 3.05) is 5.32 Å². The normalized spacial score (nSPS) is 10.4. The molecule has 0 fully saturated rings. The zero-order valence-corrected chi connectivity index (χ0v) is 9.87. The first-order valence-electron chi connectivity index (χ1n) is 5.37. The Morgan fingerprint density at radius 2 is 2.12 bits per heavy atom. The lowest BCUT2D eigenvalue weighted by Gasteiger charge is -2.07. The summed E-state index contributed by atoms with van der Waals surface area (Å²) in [6.07, 6.45) is 3.64. The van der Waals surface area contributed by atoms with Gasteiger partial charge in [0.05, 0.1) is 11.9 Å². The number of pyridine rings is 1. The molecule has 0 bridgehead atoms. The molecular weight excluding hydrogens is 200 g/mol. The molecule has 0 aliphatic carbocycles. The van der Waals surface area contributed by atoms with Gasteiger partial charge in [0.15, 0.2) is 0 Å². The smallest absolute Gasteiger partial charge is 0.106 e. The van der Waals surface area contributed by atoms with Gasteiger partial charge in [-0.25, -0.2) is 0 Å². The largest absolute Gasteiger partial charge is 0.466 e. The highest BCUT2D eigenvalue weighted by Crippen LogP contribution is 2.17. The van der Waals surface area contributed by atoms with Gasteiger partial charge >= 0.3 is 0 Å². The van der Waals surface area contributed by atoms with Gasteiger partial charge in [-0.05, 0) is 38.5 Å². The van der Waals surface area contributed by atoms with Gasteiger partial charge in [0.2, 0.25) is 0 Å². The molecule has 0 saturated heterocycles. The zero-order valence-electron chi connectivity index (χ0n) is 9.87. The first-order valence-corrected chi connectivity index (χ1v) is 5.37. The minimum absolute atomic E-state index is 0.774. The molecule has 2 rings (SSSR count). The number of hydrogen-bond acceptors (Lipinski definition) is 3. The fourth-order valence-electron chi connectivity index (χ4n) is 1.70. The van der Waals surface area contributed by atoms with Gasteiger partial charge in [0.25, 0.3) is 0 Å². The molecule has 0 atom stereocenters. The van der Waals surface area contributed by atoms with Crippen molar-refractivity contribution in [2.24, 2.45) is 0 Å². The molecule has 0 aliphatic rings. The first-order chi connectivity index (χ1) is 7.66. The van der Waals surface area contributed by atoms with Crippen molar-refractivity contribution >= 4 is 5.69 Å². The predicted octanol–water partition coefficient (Wildman–Crippen LogP) is 3.21. The number of hydrogen-bond donors (Lipinski definition) is 1. The van der Waals surface area contributed by atoms with Crippen LogP contribution in [-0.4, -0.2) is 4.98 Å². The van der Waals surface area contributed by atoms with Crippen molar-refractivity contribution in [2.45, 2.75) is 27.3 Å². The van der Waals surface area contributed by atoms with Crippen LogP contribution >= 0.6 is 0 Å². The summed E-state index contributed by atoms with van der Waals surface area (Å²) in [6, 6.07) is 4.06. The van der Waals surface area contributed by atoms with Crippen LogP contribution in [0.25, 0.3) is 0 Å². The molecule has 3 heteroatoms. The van der Waals surface area contributed by atoms with Crippen molar-refractivity contribution in [1.29, 1.82) is 0 Å². The zero-order chi connectivity index (χ0) is 11.5. The van der Waals surface area contributed by atoms with E-state index >= 15 is 0 Å². The summed E-state index contributed by atoms with van der Waals surface area (Å²) in [4.78, 5) is 4.10. The molecule has 0 unspecified atom stereocenters. The Morgan fingerprint density at radius 3 is 2.75 bits per heavy atom. The van der Waals surface area contributed by atoms with Crippen molar-refractivity contribution in [3.63, 3.8) is 0 Å². The molecule has 0 spiro atoms. The standard InChI is InChI=1S/C13H16N2O/c1-9-4-5-14-8-13(9)15-7-12-6-10(2)16-11(12)3/h4-6,8,15H,7H2,1-3H3. The third kappa shape index (κ3) is 2.24. The molecular formula is C13H16N2O. The van der Waals surface area contributed by atoms with Crippen LogP contribution in [0.2, 0.25) is 0 Å². The van der Waals surface area contributed by atoms with Crippen LogP contribution in [0.4, 0.5) is 5.69 Å². The number of anilines is 1. The lowest BCUT2D eigenvalue weighted by atomic mass is 10.2. The highest BCUT2D eigenvalue weighted by atomic mass is 16.3. The second-order valence-electron chi connectivity index (χ2n) is 3.98. The summed E-state index contributed by atoms with van der Waals surface area (Å²) in [5, 5.41) is 3.36. The molecule has 16 heavy (non-hydrogen) atoms. The molecule has 2 heterocycles. The van der Waals surface area contributed by atoms with Crippen LogP contribution in [0.1, 0.15) is 22.6 Å². The molecule has 0 aliphatic heterocycles. The highest BCUT2D eigenvalue weighted by molar-refractivity contribution is 5.48. The molecule has 0 amide bonds. The maximum atomic E-state index is 5.48. The molecule has 1 N–H and O–H groups in total. The van der Waals surface area contributed by atoms with Crippen molar-refractivity contribution in [3.8, 4) is 0 Å². The average Bonchev–Trinajstić information content (AvgIpc) is 2.56. The summed E-state index contributed by atoms with van der Waals surface area (Å²) < 4.78 is 5.48. The SMILES string of the molecule is Cc1cc(CNc2cnccc2C)c(C)o1. The molecule has 3 nitrogen and oxygen atoms in total. The van der Waals surface area contributed by atoms with Gasteiger partial charge in [0, 0.05) is 18.3 Å². The van der Waals surface area contributed by atoms with Crippen LogP contribution in [-0.2, 0) is 6.54 Å². The first kappa shape index (κ1) is 10.7. The Balaban J connectivity index is 2.08. The monoisotopic (exact) mass is 216 g/mol. The minimum Gasteiger partial charge on any atom is -0.466 e. The van der Waals surface area contributed by atoms with Crippen LogP contribution < -0.4 is 5.32 Å². The lowest BCUT2D eigenvalue weighted by Crippen LogP contribution is -2.01. The highest BCUT2D eigenvalue weighted by Gasteiger charge is 2.04. The van der Waals surface area contributed by atoms with Crippen LogP contribution in [0.5, 0.6) is 0 Å². The van der Waals surface area contributed by atoms with Crippen LogP contribution in [0, 0.1) is 20.8 Å². The van der Waals surface area contributed by atoms with E-state index in [-0.39, 0.29) is 0 Å². The summed E-state index contributed by atoms with van der Waals surface area (Å²) in [6.45, 7) is 6.79. The average molecular weight is 216 g/mol. The maximum absolute atomic E-state index is 5.48. The van der Waals surface area contributed by atoms with E-state index in [1.54, 1.807) is 6.20 Å². The van der Waals surface area contributed by atoms with Gasteiger partial charge in [-0.15, -0.1) is 0 Å². The van der Waals surface area contributed by atoms with Crippen LogP contribution in [0.3, 0.4) is 0 Å². The van der Waals surface area contributed by atoms with Gasteiger partial charge in [0.1, 0.15) is 11.5 Å². The molecule has 0 aromatic carbocycles. The van der Waals surface area contributed by atoms with E-state index in [0.29, 0.717) is 0 Å². The Kier molecular flexibility index (Phi) is 2.95. The Bertz CT molecular complexity index is 488. The third-order valence-electron chi connectivity index (χ3n) is 2.65. The number of aromatic nitrogens is 1. The number of rotatable bonds is 3. The van der Waals surface area contributed by atoms with E-state index in [0.717, 1.165) is 23.8 Å². The Labute approximate surface area is 95.5 Å². The van der Waals surface area contributed by atoms with Gasteiger partial charge in [-0.1, -0.05) is 0 Å². The van der Waals surface area contributed by atoms with Gasteiger partial charge in [-0.2, -0.15) is 0 Å². The second-order valence-corrected chi connectivity index (χ2v) is 3.98. The van der Waals surface area contributed by atoms with Gasteiger partial charge < -0.3 is 9.73 Å². The Morgan fingerprint density at radius 1 is 1.31 bits per heavy atom. The molecule has 2 aromatic heterocycles. The third-order valence-corrected chi connectivity index (χ3v) is 2.65. The van der Waals surface area contributed by atoms with Crippen molar-refractivity contribution in [1.82, 2.24) is 4.98 Å². The quantitative estimate of drug-likeness (QED) is 0.856. The lowest BCUT2D eigenvalue weighted by molar-refractivity contribution is 0.501. The van der Waals surface area contributed by atoms with Gasteiger partial charge in [-0.3, -0.25) is 4.98 Å². The fraction of sp³-hybridized carbons (Fsp3) is 0.308. The number of nitrogens with zero attached hydrogens (tertiary/aromatic N) is 1. The van der Waals surface area contributed by atoms with E-state index in [1.165, 1.54) is 11.1 Å². The minimum atomic E-state index is 0.774. The van der Waals surface area contributed by atoms with E-state index in [9.17, 15) is 0 Å². The Hall–Kier alpha value is -1.77. The molecule has 0 saturated carbocycles. The molecule has 84 valence electrons. The summed E-state index contributed by atoms with van der Waals surface area (Å²) >= 11 is 0. The second kappa shape index (κ2) is 4.39. The summed E-state index contributed by atoms with van der Waals surface area (Å²) in [5.74, 6) is 1.93. The van der Waals surface area contributed by atoms with E-state index in [1.807, 2.05) is 26.1 Å².